The average Bonchev–Trinajstić information content (AvgIpc) is 2.70. The van der Waals surface area contributed by atoms with Crippen LogP contribution in [0.3, 0.4) is 0 Å². The molecular formula is C20H25ClN4O3. The molecule has 1 heterocycles. The number of anilines is 2. The van der Waals surface area contributed by atoms with Gasteiger partial charge in [-0.25, -0.2) is 0 Å². The van der Waals surface area contributed by atoms with Crippen LogP contribution in [0.2, 0.25) is 5.02 Å². The molecule has 28 heavy (non-hydrogen) atoms. The monoisotopic (exact) mass is 404 g/mol. The second-order valence-corrected chi connectivity index (χ2v) is 7.16. The SMILES string of the molecule is COc1cc(N)c(Cl)cc1C(=O)NCC1CN(Cc2ccc(N)cc2)CCO1. The predicted molar refractivity (Wildman–Crippen MR) is 111 cm³/mol. The molecule has 2 aromatic carbocycles. The molecule has 1 aliphatic rings. The number of nitrogen functional groups attached to an aromatic ring is 2. The highest BCUT2D eigenvalue weighted by Gasteiger charge is 2.22. The van der Waals surface area contributed by atoms with E-state index < -0.39 is 0 Å². The number of hydrogen-bond donors (Lipinski definition) is 3. The molecule has 1 saturated heterocycles. The van der Waals surface area contributed by atoms with Crippen molar-refractivity contribution in [1.82, 2.24) is 10.2 Å². The van der Waals surface area contributed by atoms with Gasteiger partial charge in [-0.1, -0.05) is 23.7 Å². The molecule has 0 saturated carbocycles. The zero-order valence-electron chi connectivity index (χ0n) is 15.8. The third kappa shape index (κ3) is 5.07. The molecule has 0 aromatic heterocycles. The zero-order chi connectivity index (χ0) is 20.1. The largest absolute Gasteiger partial charge is 0.496 e. The van der Waals surface area contributed by atoms with Crippen LogP contribution in [0.5, 0.6) is 5.75 Å². The Morgan fingerprint density at radius 1 is 1.32 bits per heavy atom. The number of morpholine rings is 1. The van der Waals surface area contributed by atoms with Gasteiger partial charge in [0.25, 0.3) is 5.91 Å². The van der Waals surface area contributed by atoms with E-state index in [-0.39, 0.29) is 12.0 Å². The number of rotatable bonds is 6. The normalized spacial score (nSPS) is 17.3. The van der Waals surface area contributed by atoms with Crippen molar-refractivity contribution >= 4 is 28.9 Å². The fraction of sp³-hybridized carbons (Fsp3) is 0.350. The van der Waals surface area contributed by atoms with Gasteiger partial charge in [0, 0.05) is 37.9 Å². The van der Waals surface area contributed by atoms with Gasteiger partial charge in [-0.3, -0.25) is 9.69 Å². The van der Waals surface area contributed by atoms with Crippen LogP contribution in [0.4, 0.5) is 11.4 Å². The maximum atomic E-state index is 12.6. The highest BCUT2D eigenvalue weighted by molar-refractivity contribution is 6.33. The van der Waals surface area contributed by atoms with Gasteiger partial charge in [-0.05, 0) is 23.8 Å². The lowest BCUT2D eigenvalue weighted by Gasteiger charge is -2.33. The van der Waals surface area contributed by atoms with Gasteiger partial charge in [0.2, 0.25) is 0 Å². The lowest BCUT2D eigenvalue weighted by molar-refractivity contribution is -0.0292. The van der Waals surface area contributed by atoms with Crippen molar-refractivity contribution in [2.45, 2.75) is 12.6 Å². The van der Waals surface area contributed by atoms with Crippen LogP contribution in [0.25, 0.3) is 0 Å². The van der Waals surface area contributed by atoms with Gasteiger partial charge in [0.1, 0.15) is 5.75 Å². The van der Waals surface area contributed by atoms with Gasteiger partial charge < -0.3 is 26.3 Å². The summed E-state index contributed by atoms with van der Waals surface area (Å²) in [5.74, 6) is 0.104. The number of ether oxygens (including phenoxy) is 2. The van der Waals surface area contributed by atoms with Crippen molar-refractivity contribution in [2.75, 3.05) is 44.8 Å². The number of halogens is 1. The summed E-state index contributed by atoms with van der Waals surface area (Å²) < 4.78 is 11.0. The summed E-state index contributed by atoms with van der Waals surface area (Å²) in [6.07, 6.45) is -0.0956. The first-order valence-electron chi connectivity index (χ1n) is 9.06. The molecule has 0 aliphatic carbocycles. The van der Waals surface area contributed by atoms with Gasteiger partial charge in [0.15, 0.2) is 0 Å². The number of nitrogens with zero attached hydrogens (tertiary/aromatic N) is 1. The lowest BCUT2D eigenvalue weighted by Crippen LogP contribution is -2.47. The van der Waals surface area contributed by atoms with Gasteiger partial charge in [0.05, 0.1) is 36.1 Å². The molecule has 5 N–H and O–H groups in total. The molecule has 1 amide bonds. The fourth-order valence-electron chi connectivity index (χ4n) is 3.15. The third-order valence-corrected chi connectivity index (χ3v) is 4.99. The van der Waals surface area contributed by atoms with E-state index >= 15 is 0 Å². The first-order valence-corrected chi connectivity index (χ1v) is 9.43. The quantitative estimate of drug-likeness (QED) is 0.637. The van der Waals surface area contributed by atoms with Crippen LogP contribution in [0.1, 0.15) is 15.9 Å². The molecule has 1 unspecified atom stereocenters. The standard InChI is InChI=1S/C20H25ClN4O3/c1-27-19-9-18(23)17(21)8-16(19)20(26)24-10-15-12-25(6-7-28-15)11-13-2-4-14(22)5-3-13/h2-5,8-9,15H,6-7,10-12,22-23H2,1H3,(H,24,26). The van der Waals surface area contributed by atoms with Crippen molar-refractivity contribution in [2.24, 2.45) is 0 Å². The summed E-state index contributed by atoms with van der Waals surface area (Å²) in [7, 11) is 1.48. The Labute approximate surface area is 169 Å². The number of carbonyl (C=O) groups excluding carboxylic acids is 1. The van der Waals surface area contributed by atoms with Crippen LogP contribution in [0.15, 0.2) is 36.4 Å². The molecule has 1 fully saturated rings. The summed E-state index contributed by atoms with van der Waals surface area (Å²) in [6.45, 7) is 3.39. The molecule has 2 aromatic rings. The van der Waals surface area contributed by atoms with Crippen molar-refractivity contribution < 1.29 is 14.3 Å². The van der Waals surface area contributed by atoms with Crippen LogP contribution < -0.4 is 21.5 Å². The van der Waals surface area contributed by atoms with E-state index in [0.717, 1.165) is 25.3 Å². The van der Waals surface area contributed by atoms with Crippen LogP contribution in [0, 0.1) is 0 Å². The van der Waals surface area contributed by atoms with Gasteiger partial charge in [-0.2, -0.15) is 0 Å². The van der Waals surface area contributed by atoms with E-state index in [0.29, 0.717) is 35.2 Å². The molecule has 8 heteroatoms. The second-order valence-electron chi connectivity index (χ2n) is 6.75. The van der Waals surface area contributed by atoms with E-state index in [1.54, 1.807) is 6.07 Å². The fourth-order valence-corrected chi connectivity index (χ4v) is 3.31. The van der Waals surface area contributed by atoms with Crippen LogP contribution >= 0.6 is 11.6 Å². The molecular weight excluding hydrogens is 380 g/mol. The molecule has 0 spiro atoms. The smallest absolute Gasteiger partial charge is 0.255 e. The highest BCUT2D eigenvalue weighted by Crippen LogP contribution is 2.28. The van der Waals surface area contributed by atoms with Crippen LogP contribution in [-0.4, -0.2) is 50.3 Å². The maximum Gasteiger partial charge on any atom is 0.255 e. The maximum absolute atomic E-state index is 12.6. The van der Waals surface area contributed by atoms with Crippen molar-refractivity contribution in [3.8, 4) is 5.75 Å². The number of methoxy groups -OCH3 is 1. The topological polar surface area (TPSA) is 103 Å². The summed E-state index contributed by atoms with van der Waals surface area (Å²) in [5.41, 5.74) is 14.2. The Hall–Kier alpha value is -2.48. The number of amides is 1. The number of nitrogens with one attached hydrogen (secondary N) is 1. The Morgan fingerprint density at radius 3 is 2.79 bits per heavy atom. The Kier molecular flexibility index (Phi) is 6.61. The molecule has 7 nitrogen and oxygen atoms in total. The minimum Gasteiger partial charge on any atom is -0.496 e. The summed E-state index contributed by atoms with van der Waals surface area (Å²) in [4.78, 5) is 14.9. The summed E-state index contributed by atoms with van der Waals surface area (Å²) >= 11 is 6.04. The Morgan fingerprint density at radius 2 is 2.07 bits per heavy atom. The Bertz CT molecular complexity index is 829. The van der Waals surface area contributed by atoms with E-state index in [1.807, 2.05) is 24.3 Å². The lowest BCUT2D eigenvalue weighted by atomic mass is 10.1. The van der Waals surface area contributed by atoms with E-state index in [2.05, 4.69) is 10.2 Å². The number of nitrogens with two attached hydrogens (primary N) is 2. The molecule has 1 aliphatic heterocycles. The number of carbonyl (C=O) groups is 1. The van der Waals surface area contributed by atoms with Crippen molar-refractivity contribution in [3.05, 3.63) is 52.5 Å². The average molecular weight is 405 g/mol. The van der Waals surface area contributed by atoms with Gasteiger partial charge in [-0.15, -0.1) is 0 Å². The van der Waals surface area contributed by atoms with E-state index in [1.165, 1.54) is 18.7 Å². The summed E-state index contributed by atoms with van der Waals surface area (Å²) in [5, 5.41) is 3.21. The van der Waals surface area contributed by atoms with Crippen molar-refractivity contribution in [3.63, 3.8) is 0 Å². The third-order valence-electron chi connectivity index (χ3n) is 4.66. The second kappa shape index (κ2) is 9.14. The van der Waals surface area contributed by atoms with Gasteiger partial charge >= 0.3 is 0 Å². The number of hydrogen-bond acceptors (Lipinski definition) is 6. The van der Waals surface area contributed by atoms with Crippen LogP contribution in [-0.2, 0) is 11.3 Å². The van der Waals surface area contributed by atoms with E-state index in [4.69, 9.17) is 32.5 Å². The van der Waals surface area contributed by atoms with Crippen molar-refractivity contribution in [1.29, 1.82) is 0 Å². The first-order chi connectivity index (χ1) is 13.5. The Balaban J connectivity index is 1.56. The molecule has 1 atom stereocenters. The number of benzene rings is 2. The first kappa shape index (κ1) is 20.3. The molecule has 3 rings (SSSR count). The molecule has 0 bridgehead atoms. The minimum atomic E-state index is -0.280. The predicted octanol–water partition coefficient (Wildman–Crippen LogP) is 2.14. The zero-order valence-corrected chi connectivity index (χ0v) is 16.5. The molecule has 0 radical (unpaired) electrons. The summed E-state index contributed by atoms with van der Waals surface area (Å²) in [6, 6.07) is 10.9. The molecule has 150 valence electrons. The van der Waals surface area contributed by atoms with E-state index in [9.17, 15) is 4.79 Å². The minimum absolute atomic E-state index is 0.0956. The highest BCUT2D eigenvalue weighted by atomic mass is 35.5.